The highest BCUT2D eigenvalue weighted by Gasteiger charge is 2.24. The molecule has 0 spiro atoms. The van der Waals surface area contributed by atoms with Crippen LogP contribution in [0, 0.1) is 6.92 Å². The van der Waals surface area contributed by atoms with Gasteiger partial charge in [-0.1, -0.05) is 12.1 Å². The first kappa shape index (κ1) is 16.4. The van der Waals surface area contributed by atoms with E-state index in [1.807, 2.05) is 6.07 Å². The summed E-state index contributed by atoms with van der Waals surface area (Å²) < 4.78 is 5.75. The number of nitrogens with zero attached hydrogens (tertiary/aromatic N) is 2. The molecule has 0 radical (unpaired) electrons. The summed E-state index contributed by atoms with van der Waals surface area (Å²) in [5.74, 6) is -0.368. The predicted octanol–water partition coefficient (Wildman–Crippen LogP) is 1.35. The molecule has 24 heavy (non-hydrogen) atoms. The van der Waals surface area contributed by atoms with Gasteiger partial charge in [0.25, 0.3) is 5.56 Å². The first-order valence-corrected chi connectivity index (χ1v) is 7.75. The van der Waals surface area contributed by atoms with Crippen LogP contribution in [-0.2, 0) is 11.3 Å². The minimum Gasteiger partial charge on any atom is -0.478 e. The Morgan fingerprint density at radius 2 is 2.29 bits per heavy atom. The van der Waals surface area contributed by atoms with Gasteiger partial charge in [0.1, 0.15) is 11.9 Å². The molecule has 0 amide bonds. The lowest BCUT2D eigenvalue weighted by Gasteiger charge is -2.32. The quantitative estimate of drug-likeness (QED) is 0.879. The monoisotopic (exact) mass is 329 g/mol. The molecule has 0 saturated carbocycles. The average molecular weight is 329 g/mol. The summed E-state index contributed by atoms with van der Waals surface area (Å²) in [6, 6.07) is 8.39. The maximum Gasteiger partial charge on any atom is 0.335 e. The number of nitrogens with one attached hydrogen (secondary N) is 1. The Balaban J connectivity index is 1.73. The van der Waals surface area contributed by atoms with Crippen LogP contribution in [0.2, 0.25) is 0 Å². The fourth-order valence-corrected chi connectivity index (χ4v) is 2.85. The van der Waals surface area contributed by atoms with E-state index in [1.54, 1.807) is 25.1 Å². The molecule has 2 heterocycles. The Labute approximate surface area is 138 Å². The highest BCUT2D eigenvalue weighted by molar-refractivity contribution is 5.87. The van der Waals surface area contributed by atoms with E-state index >= 15 is 0 Å². The molecular formula is C17H19N3O4. The van der Waals surface area contributed by atoms with Gasteiger partial charge in [0.15, 0.2) is 0 Å². The van der Waals surface area contributed by atoms with Crippen molar-refractivity contribution in [1.82, 2.24) is 14.9 Å². The smallest absolute Gasteiger partial charge is 0.335 e. The number of aryl methyl sites for hydroxylation is 1. The molecule has 1 aromatic carbocycles. The fourth-order valence-electron chi connectivity index (χ4n) is 2.85. The average Bonchev–Trinajstić information content (AvgIpc) is 2.54. The molecular weight excluding hydrogens is 310 g/mol. The number of ether oxygens (including phenoxy) is 1. The summed E-state index contributed by atoms with van der Waals surface area (Å²) in [7, 11) is 0. The van der Waals surface area contributed by atoms with Crippen LogP contribution >= 0.6 is 0 Å². The Morgan fingerprint density at radius 3 is 3.04 bits per heavy atom. The number of aromatic amines is 1. The lowest BCUT2D eigenvalue weighted by molar-refractivity contribution is -0.0351. The summed E-state index contributed by atoms with van der Waals surface area (Å²) in [6.07, 6.45) is -0.262. The van der Waals surface area contributed by atoms with Crippen molar-refractivity contribution in [1.29, 1.82) is 0 Å². The van der Waals surface area contributed by atoms with Crippen molar-refractivity contribution in [2.24, 2.45) is 0 Å². The third-order valence-electron chi connectivity index (χ3n) is 3.94. The van der Waals surface area contributed by atoms with Gasteiger partial charge in [0, 0.05) is 25.7 Å². The molecule has 2 N–H and O–H groups in total. The number of aromatic carboxylic acids is 1. The maximum atomic E-state index is 11.6. The number of hydrogen-bond acceptors (Lipinski definition) is 5. The minimum absolute atomic E-state index is 0.188. The number of carbonyl (C=O) groups is 1. The molecule has 1 aliphatic rings. The zero-order chi connectivity index (χ0) is 17.1. The van der Waals surface area contributed by atoms with Crippen molar-refractivity contribution < 1.29 is 14.6 Å². The number of rotatable bonds is 4. The van der Waals surface area contributed by atoms with Gasteiger partial charge < -0.3 is 14.8 Å². The Hall–Kier alpha value is -2.51. The second kappa shape index (κ2) is 6.94. The number of aromatic nitrogens is 2. The largest absolute Gasteiger partial charge is 0.478 e. The van der Waals surface area contributed by atoms with Crippen molar-refractivity contribution in [3.8, 4) is 0 Å². The van der Waals surface area contributed by atoms with Crippen molar-refractivity contribution >= 4 is 5.97 Å². The van der Waals surface area contributed by atoms with Crippen LogP contribution < -0.4 is 5.56 Å². The normalized spacial score (nSPS) is 18.5. The molecule has 1 fully saturated rings. The highest BCUT2D eigenvalue weighted by atomic mass is 16.5. The summed E-state index contributed by atoms with van der Waals surface area (Å²) in [5.41, 5.74) is 1.66. The van der Waals surface area contributed by atoms with E-state index in [2.05, 4.69) is 14.9 Å². The summed E-state index contributed by atoms with van der Waals surface area (Å²) >= 11 is 0. The molecule has 7 nitrogen and oxygen atoms in total. The molecule has 1 aliphatic heterocycles. The highest BCUT2D eigenvalue weighted by Crippen LogP contribution is 2.21. The van der Waals surface area contributed by atoms with Crippen molar-refractivity contribution in [3.63, 3.8) is 0 Å². The molecule has 0 bridgehead atoms. The number of benzene rings is 1. The van der Waals surface area contributed by atoms with Crippen LogP contribution in [-0.4, -0.2) is 45.6 Å². The minimum atomic E-state index is -0.931. The SMILES string of the molecule is Cc1nc(C2CN(Cc3cccc(C(=O)O)c3)CCO2)cc(=O)[nH]1. The molecule has 7 heteroatoms. The van der Waals surface area contributed by atoms with Gasteiger partial charge in [-0.25, -0.2) is 9.78 Å². The topological polar surface area (TPSA) is 95.5 Å². The van der Waals surface area contributed by atoms with Gasteiger partial charge in [-0.15, -0.1) is 0 Å². The molecule has 2 aromatic rings. The van der Waals surface area contributed by atoms with Crippen molar-refractivity contribution in [2.45, 2.75) is 19.6 Å². The van der Waals surface area contributed by atoms with Crippen LogP contribution in [0.1, 0.15) is 33.5 Å². The van der Waals surface area contributed by atoms with Crippen LogP contribution in [0.5, 0.6) is 0 Å². The number of carboxylic acids is 1. The summed E-state index contributed by atoms with van der Waals surface area (Å²) in [6.45, 7) is 4.26. The predicted molar refractivity (Wildman–Crippen MR) is 87.0 cm³/mol. The Bertz CT molecular complexity index is 802. The van der Waals surface area contributed by atoms with Gasteiger partial charge in [-0.2, -0.15) is 0 Å². The van der Waals surface area contributed by atoms with Crippen LogP contribution in [0.4, 0.5) is 0 Å². The van der Waals surface area contributed by atoms with Gasteiger partial charge in [-0.3, -0.25) is 9.69 Å². The molecule has 0 aliphatic carbocycles. The van der Waals surface area contributed by atoms with E-state index in [0.717, 1.165) is 12.1 Å². The zero-order valence-electron chi connectivity index (χ0n) is 13.4. The standard InChI is InChI=1S/C17H19N3O4/c1-11-18-14(8-16(21)19-11)15-10-20(5-6-24-15)9-12-3-2-4-13(7-12)17(22)23/h2-4,7-8,15H,5-6,9-10H2,1H3,(H,22,23)(H,18,19,21). The molecule has 3 rings (SSSR count). The first-order chi connectivity index (χ1) is 11.5. The third-order valence-corrected chi connectivity index (χ3v) is 3.94. The lowest BCUT2D eigenvalue weighted by atomic mass is 10.1. The van der Waals surface area contributed by atoms with Gasteiger partial charge in [0.2, 0.25) is 0 Å². The molecule has 1 atom stereocenters. The summed E-state index contributed by atoms with van der Waals surface area (Å²) in [5, 5.41) is 9.08. The second-order valence-electron chi connectivity index (χ2n) is 5.86. The van der Waals surface area contributed by atoms with E-state index in [9.17, 15) is 9.59 Å². The molecule has 1 saturated heterocycles. The molecule has 126 valence electrons. The molecule has 1 aromatic heterocycles. The third kappa shape index (κ3) is 3.87. The number of morpholine rings is 1. The van der Waals surface area contributed by atoms with E-state index in [0.29, 0.717) is 31.2 Å². The second-order valence-corrected chi connectivity index (χ2v) is 5.86. The van der Waals surface area contributed by atoms with E-state index in [4.69, 9.17) is 9.84 Å². The van der Waals surface area contributed by atoms with E-state index < -0.39 is 5.97 Å². The van der Waals surface area contributed by atoms with Gasteiger partial charge >= 0.3 is 5.97 Å². The van der Waals surface area contributed by atoms with Crippen LogP contribution in [0.25, 0.3) is 0 Å². The van der Waals surface area contributed by atoms with Gasteiger partial charge in [0.05, 0.1) is 17.9 Å². The first-order valence-electron chi connectivity index (χ1n) is 7.75. The fraction of sp³-hybridized carbons (Fsp3) is 0.353. The Kier molecular flexibility index (Phi) is 4.73. The number of carboxylic acid groups (broad SMARTS) is 1. The van der Waals surface area contributed by atoms with Crippen LogP contribution in [0.15, 0.2) is 35.1 Å². The van der Waals surface area contributed by atoms with Crippen molar-refractivity contribution in [3.05, 3.63) is 63.3 Å². The maximum absolute atomic E-state index is 11.6. The van der Waals surface area contributed by atoms with Gasteiger partial charge in [-0.05, 0) is 24.6 Å². The summed E-state index contributed by atoms with van der Waals surface area (Å²) in [4.78, 5) is 31.8. The van der Waals surface area contributed by atoms with Crippen LogP contribution in [0.3, 0.4) is 0 Å². The van der Waals surface area contributed by atoms with E-state index in [1.165, 1.54) is 6.07 Å². The van der Waals surface area contributed by atoms with E-state index in [-0.39, 0.29) is 17.2 Å². The molecule has 1 unspecified atom stereocenters. The number of H-pyrrole nitrogens is 1. The lowest BCUT2D eigenvalue weighted by Crippen LogP contribution is -2.38. The van der Waals surface area contributed by atoms with Crippen molar-refractivity contribution in [2.75, 3.05) is 19.7 Å². The zero-order valence-corrected chi connectivity index (χ0v) is 13.4. The Morgan fingerprint density at radius 1 is 1.46 bits per heavy atom. The number of hydrogen-bond donors (Lipinski definition) is 2.